The highest BCUT2D eigenvalue weighted by atomic mass is 32.2. The summed E-state index contributed by atoms with van der Waals surface area (Å²) in [4.78, 5) is 26.2. The van der Waals surface area contributed by atoms with E-state index in [0.717, 1.165) is 30.2 Å². The van der Waals surface area contributed by atoms with Gasteiger partial charge in [-0.2, -0.15) is 0 Å². The van der Waals surface area contributed by atoms with Crippen LogP contribution in [0.3, 0.4) is 0 Å². The van der Waals surface area contributed by atoms with Crippen LogP contribution in [0.25, 0.3) is 17.1 Å². The third kappa shape index (κ3) is 5.81. The number of amides is 1. The van der Waals surface area contributed by atoms with Crippen LogP contribution in [0.1, 0.15) is 21.1 Å². The third-order valence-corrected chi connectivity index (χ3v) is 8.62. The van der Waals surface area contributed by atoms with Gasteiger partial charge in [0.05, 0.1) is 11.4 Å². The molecule has 1 saturated heterocycles. The Morgan fingerprint density at radius 3 is 2.52 bits per heavy atom. The van der Waals surface area contributed by atoms with Crippen molar-refractivity contribution in [3.8, 4) is 17.1 Å². The average molecular weight is 572 g/mol. The number of thiazole rings is 1. The van der Waals surface area contributed by atoms with Gasteiger partial charge >= 0.3 is 0 Å². The number of pyridine rings is 1. The Bertz CT molecular complexity index is 1580. The minimum Gasteiger partial charge on any atom is -0.335 e. The molecule has 6 rings (SSSR count). The molecule has 1 aliphatic rings. The van der Waals surface area contributed by atoms with Crippen molar-refractivity contribution in [2.24, 2.45) is 0 Å². The second-order valence-electron chi connectivity index (χ2n) is 9.30. The maximum Gasteiger partial charge on any atom is 0.273 e. The number of aromatic nitrogens is 5. The number of thioether (sulfide) groups is 1. The van der Waals surface area contributed by atoms with E-state index >= 15 is 0 Å². The first kappa shape index (κ1) is 26.3. The van der Waals surface area contributed by atoms with Gasteiger partial charge in [0.2, 0.25) is 0 Å². The van der Waals surface area contributed by atoms with E-state index in [9.17, 15) is 9.18 Å². The van der Waals surface area contributed by atoms with Crippen molar-refractivity contribution in [3.63, 3.8) is 0 Å². The number of piperazine rings is 1. The summed E-state index contributed by atoms with van der Waals surface area (Å²) in [5.74, 6) is 0.560. The number of hydrogen-bond acceptors (Lipinski definition) is 8. The van der Waals surface area contributed by atoms with Crippen molar-refractivity contribution < 1.29 is 9.18 Å². The quantitative estimate of drug-likeness (QED) is 0.238. The highest BCUT2D eigenvalue weighted by Crippen LogP contribution is 2.31. The molecule has 40 heavy (non-hydrogen) atoms. The van der Waals surface area contributed by atoms with Gasteiger partial charge in [-0.3, -0.25) is 19.2 Å². The predicted octanol–water partition coefficient (Wildman–Crippen LogP) is 5.18. The fourth-order valence-corrected chi connectivity index (χ4v) is 6.34. The maximum atomic E-state index is 14.8. The third-order valence-electron chi connectivity index (χ3n) is 6.65. The van der Waals surface area contributed by atoms with Crippen LogP contribution in [-0.2, 0) is 12.3 Å². The molecule has 202 valence electrons. The van der Waals surface area contributed by atoms with Crippen LogP contribution >= 0.6 is 23.1 Å². The molecule has 1 aliphatic heterocycles. The maximum absolute atomic E-state index is 14.8. The second kappa shape index (κ2) is 12.1. The molecular weight excluding hydrogens is 545 g/mol. The number of para-hydroxylation sites is 1. The van der Waals surface area contributed by atoms with Gasteiger partial charge in [0.1, 0.15) is 16.5 Å². The lowest BCUT2D eigenvalue weighted by Gasteiger charge is -2.34. The molecule has 5 aromatic rings. The fraction of sp³-hybridized carbons (Fsp3) is 0.207. The lowest BCUT2D eigenvalue weighted by atomic mass is 10.2. The number of hydrogen-bond donors (Lipinski definition) is 0. The Hall–Kier alpha value is -3.93. The highest BCUT2D eigenvalue weighted by Gasteiger charge is 2.24. The zero-order valence-electron chi connectivity index (χ0n) is 21.6. The van der Waals surface area contributed by atoms with Crippen molar-refractivity contribution in [2.45, 2.75) is 17.5 Å². The Morgan fingerprint density at radius 2 is 1.75 bits per heavy atom. The molecule has 1 amide bonds. The first-order valence-corrected chi connectivity index (χ1v) is 14.8. The van der Waals surface area contributed by atoms with E-state index in [4.69, 9.17) is 0 Å². The van der Waals surface area contributed by atoms with Gasteiger partial charge in [0.25, 0.3) is 5.91 Å². The standard InChI is InChI=1S/C29H26FN7OS2/c30-23-10-4-5-11-25(23)37-27(22-9-6-12-31-17-22)33-34-29(37)40-20-26-32-24(19-39-26)28(38)36-15-13-35(14-16-36)18-21-7-2-1-3-8-21/h1-12,17,19H,13-16,18,20H2. The number of carbonyl (C=O) groups excluding carboxylic acids is 1. The van der Waals surface area contributed by atoms with E-state index in [1.165, 1.54) is 34.7 Å². The van der Waals surface area contributed by atoms with Gasteiger partial charge in [-0.25, -0.2) is 9.37 Å². The topological polar surface area (TPSA) is 80.0 Å². The van der Waals surface area contributed by atoms with Gasteiger partial charge in [-0.1, -0.05) is 54.2 Å². The molecule has 0 radical (unpaired) electrons. The predicted molar refractivity (Wildman–Crippen MR) is 154 cm³/mol. The summed E-state index contributed by atoms with van der Waals surface area (Å²) in [6.45, 7) is 3.91. The Morgan fingerprint density at radius 1 is 0.950 bits per heavy atom. The number of carbonyl (C=O) groups is 1. The molecule has 8 nitrogen and oxygen atoms in total. The van der Waals surface area contributed by atoms with Gasteiger partial charge in [0.15, 0.2) is 11.0 Å². The van der Waals surface area contributed by atoms with Crippen molar-refractivity contribution in [3.05, 3.63) is 107 Å². The fourth-order valence-electron chi connectivity index (χ4n) is 4.61. The molecule has 4 heterocycles. The number of halogens is 1. The first-order valence-electron chi connectivity index (χ1n) is 12.9. The summed E-state index contributed by atoms with van der Waals surface area (Å²) < 4.78 is 16.5. The zero-order valence-corrected chi connectivity index (χ0v) is 23.2. The average Bonchev–Trinajstić information content (AvgIpc) is 3.65. The van der Waals surface area contributed by atoms with Crippen LogP contribution in [0.4, 0.5) is 4.39 Å². The van der Waals surface area contributed by atoms with Crippen LogP contribution in [0.15, 0.2) is 89.7 Å². The Balaban J connectivity index is 1.12. The summed E-state index contributed by atoms with van der Waals surface area (Å²) in [6.07, 6.45) is 3.35. The van der Waals surface area contributed by atoms with E-state index in [-0.39, 0.29) is 11.7 Å². The van der Waals surface area contributed by atoms with Crippen LogP contribution in [0.5, 0.6) is 0 Å². The lowest BCUT2D eigenvalue weighted by molar-refractivity contribution is 0.0623. The molecule has 0 unspecified atom stereocenters. The lowest BCUT2D eigenvalue weighted by Crippen LogP contribution is -2.48. The molecule has 0 saturated carbocycles. The normalized spacial score (nSPS) is 14.0. The molecule has 0 aliphatic carbocycles. The Labute approximate surface area is 239 Å². The molecule has 0 atom stereocenters. The summed E-state index contributed by atoms with van der Waals surface area (Å²) >= 11 is 2.84. The van der Waals surface area contributed by atoms with E-state index in [0.29, 0.717) is 41.2 Å². The minimum absolute atomic E-state index is 0.0414. The summed E-state index contributed by atoms with van der Waals surface area (Å²) in [5.41, 5.74) is 2.83. The molecular formula is C29H26FN7OS2. The van der Waals surface area contributed by atoms with E-state index in [2.05, 4.69) is 49.3 Å². The Kier molecular flexibility index (Phi) is 7.94. The summed E-state index contributed by atoms with van der Waals surface area (Å²) in [5, 5.41) is 11.8. The van der Waals surface area contributed by atoms with E-state index in [1.54, 1.807) is 41.2 Å². The van der Waals surface area contributed by atoms with Gasteiger partial charge < -0.3 is 4.90 Å². The van der Waals surface area contributed by atoms with Gasteiger partial charge in [0, 0.05) is 56.1 Å². The monoisotopic (exact) mass is 571 g/mol. The van der Waals surface area contributed by atoms with Crippen molar-refractivity contribution >= 4 is 29.0 Å². The SMILES string of the molecule is O=C(c1csc(CSc2nnc(-c3cccnc3)n2-c2ccccc2F)n1)N1CCN(Cc2ccccc2)CC1. The minimum atomic E-state index is -0.375. The molecule has 1 fully saturated rings. The zero-order chi connectivity index (χ0) is 27.3. The number of nitrogens with zero attached hydrogens (tertiary/aromatic N) is 7. The number of rotatable bonds is 8. The molecule has 0 bridgehead atoms. The highest BCUT2D eigenvalue weighted by molar-refractivity contribution is 7.98. The van der Waals surface area contributed by atoms with E-state index in [1.807, 2.05) is 22.4 Å². The van der Waals surface area contributed by atoms with Gasteiger partial charge in [-0.15, -0.1) is 21.5 Å². The van der Waals surface area contributed by atoms with Crippen LogP contribution in [0, 0.1) is 5.82 Å². The van der Waals surface area contributed by atoms with Gasteiger partial charge in [-0.05, 0) is 29.8 Å². The van der Waals surface area contributed by atoms with Crippen LogP contribution in [0.2, 0.25) is 0 Å². The molecule has 3 aromatic heterocycles. The van der Waals surface area contributed by atoms with Crippen LogP contribution in [-0.4, -0.2) is 66.6 Å². The van der Waals surface area contributed by atoms with Crippen molar-refractivity contribution in [2.75, 3.05) is 26.2 Å². The molecule has 2 aromatic carbocycles. The summed E-state index contributed by atoms with van der Waals surface area (Å²) in [6, 6.07) is 20.6. The molecule has 0 N–H and O–H groups in total. The van der Waals surface area contributed by atoms with Crippen LogP contribution < -0.4 is 0 Å². The van der Waals surface area contributed by atoms with E-state index < -0.39 is 0 Å². The molecule has 11 heteroatoms. The van der Waals surface area contributed by atoms with Crippen molar-refractivity contribution in [1.82, 2.24) is 34.5 Å². The molecule has 0 spiro atoms. The van der Waals surface area contributed by atoms with Crippen molar-refractivity contribution in [1.29, 1.82) is 0 Å². The second-order valence-corrected chi connectivity index (χ2v) is 11.2. The summed E-state index contributed by atoms with van der Waals surface area (Å²) in [7, 11) is 0. The largest absolute Gasteiger partial charge is 0.335 e. The number of benzene rings is 2. The first-order chi connectivity index (χ1) is 19.7. The smallest absolute Gasteiger partial charge is 0.273 e.